The first-order chi connectivity index (χ1) is 16.3. The van der Waals surface area contributed by atoms with Gasteiger partial charge in [-0.1, -0.05) is 23.2 Å². The van der Waals surface area contributed by atoms with E-state index >= 15 is 0 Å². The third kappa shape index (κ3) is 6.50. The summed E-state index contributed by atoms with van der Waals surface area (Å²) in [7, 11) is 0. The number of alkyl halides is 2. The molecule has 1 aromatic rings. The number of amides is 2. The van der Waals surface area contributed by atoms with Crippen molar-refractivity contribution in [2.24, 2.45) is 17.8 Å². The summed E-state index contributed by atoms with van der Waals surface area (Å²) >= 11 is 11.9. The number of rotatable bonds is 9. The predicted molar refractivity (Wildman–Crippen MR) is 123 cm³/mol. The fourth-order valence-electron chi connectivity index (χ4n) is 5.17. The van der Waals surface area contributed by atoms with Crippen LogP contribution < -0.4 is 20.7 Å². The van der Waals surface area contributed by atoms with Gasteiger partial charge in [-0.2, -0.15) is 8.78 Å². The molecule has 1 aromatic carbocycles. The molecule has 3 N–H and O–H groups in total. The third-order valence-corrected chi connectivity index (χ3v) is 7.83. The van der Waals surface area contributed by atoms with Crippen molar-refractivity contribution in [1.29, 1.82) is 0 Å². The van der Waals surface area contributed by atoms with E-state index in [0.29, 0.717) is 60.0 Å². The molecule has 4 fully saturated rings. The van der Waals surface area contributed by atoms with Crippen LogP contribution in [0.3, 0.4) is 0 Å². The summed E-state index contributed by atoms with van der Waals surface area (Å²) in [5, 5.41) is 9.96. The second-order valence-corrected chi connectivity index (χ2v) is 10.1. The fraction of sp³-hybridized carbons (Fsp3) is 0.652. The molecule has 2 amide bonds. The van der Waals surface area contributed by atoms with E-state index in [9.17, 15) is 18.4 Å². The van der Waals surface area contributed by atoms with Gasteiger partial charge in [-0.05, 0) is 56.1 Å². The lowest BCUT2D eigenvalue weighted by atomic mass is 9.57. The average Bonchev–Trinajstić information content (AvgIpc) is 2.78. The first-order valence-corrected chi connectivity index (χ1v) is 12.4. The topological polar surface area (TPSA) is 88.7 Å². The van der Waals surface area contributed by atoms with Gasteiger partial charge in [0, 0.05) is 37.2 Å². The molecule has 3 unspecified atom stereocenters. The minimum Gasteiger partial charge on any atom is -0.484 e. The molecule has 0 radical (unpaired) electrons. The van der Waals surface area contributed by atoms with Gasteiger partial charge in [-0.25, -0.2) is 0 Å². The Hall–Kier alpha value is -1.68. The maximum Gasteiger partial charge on any atom is 0.345 e. The van der Waals surface area contributed by atoms with E-state index in [1.165, 1.54) is 0 Å². The van der Waals surface area contributed by atoms with E-state index in [2.05, 4.69) is 20.7 Å². The molecule has 1 heterocycles. The zero-order valence-corrected chi connectivity index (χ0v) is 20.1. The average molecular weight is 520 g/mol. The van der Waals surface area contributed by atoms with Crippen molar-refractivity contribution in [1.82, 2.24) is 16.0 Å². The Morgan fingerprint density at radius 1 is 1.12 bits per heavy atom. The Bertz CT molecular complexity index is 880. The van der Waals surface area contributed by atoms with Gasteiger partial charge in [0.15, 0.2) is 6.61 Å². The zero-order chi connectivity index (χ0) is 24.2. The Labute approximate surface area is 207 Å². The maximum atomic E-state index is 12.9. The van der Waals surface area contributed by atoms with E-state index in [4.69, 9.17) is 27.9 Å². The normalized spacial score (nSPS) is 30.4. The van der Waals surface area contributed by atoms with Gasteiger partial charge in [0.1, 0.15) is 5.75 Å². The van der Waals surface area contributed by atoms with Crippen LogP contribution >= 0.6 is 23.2 Å². The Kier molecular flexibility index (Phi) is 8.50. The smallest absolute Gasteiger partial charge is 0.345 e. The molecule has 1 aliphatic heterocycles. The fourth-order valence-corrected chi connectivity index (χ4v) is 5.45. The number of nitrogens with one attached hydrogen (secondary N) is 3. The minimum atomic E-state index is -2.77. The lowest BCUT2D eigenvalue weighted by Gasteiger charge is -2.50. The molecule has 4 atom stereocenters. The summed E-state index contributed by atoms with van der Waals surface area (Å²) in [5.74, 6) is 0.778. The molecule has 4 aliphatic rings. The second kappa shape index (κ2) is 11.4. The van der Waals surface area contributed by atoms with Crippen molar-refractivity contribution < 1.29 is 27.8 Å². The number of piperidine rings is 1. The van der Waals surface area contributed by atoms with Crippen LogP contribution in [0.2, 0.25) is 10.0 Å². The molecule has 3 saturated carbocycles. The molecular weight excluding hydrogens is 491 g/mol. The van der Waals surface area contributed by atoms with E-state index in [0.717, 1.165) is 12.8 Å². The van der Waals surface area contributed by atoms with Crippen LogP contribution in [0.1, 0.15) is 32.1 Å². The predicted octanol–water partition coefficient (Wildman–Crippen LogP) is 3.38. The third-order valence-electron chi connectivity index (χ3n) is 7.09. The Morgan fingerprint density at radius 3 is 2.59 bits per heavy atom. The molecule has 3 aliphatic carbocycles. The highest BCUT2D eigenvalue weighted by molar-refractivity contribution is 6.42. The van der Waals surface area contributed by atoms with Crippen molar-refractivity contribution in [2.75, 3.05) is 19.7 Å². The number of halogens is 4. The van der Waals surface area contributed by atoms with Crippen molar-refractivity contribution in [3.63, 3.8) is 0 Å². The molecule has 7 nitrogen and oxygen atoms in total. The molecule has 188 valence electrons. The largest absolute Gasteiger partial charge is 0.484 e. The second-order valence-electron chi connectivity index (χ2n) is 9.32. The molecule has 11 heteroatoms. The number of ether oxygens (including phenoxy) is 2. The number of hydrogen-bond donors (Lipinski definition) is 3. The molecule has 5 rings (SSSR count). The first-order valence-electron chi connectivity index (χ1n) is 11.6. The maximum absolute atomic E-state index is 12.9. The van der Waals surface area contributed by atoms with Crippen LogP contribution in [0.15, 0.2) is 18.2 Å². The van der Waals surface area contributed by atoms with Crippen molar-refractivity contribution in [3.8, 4) is 5.75 Å². The first kappa shape index (κ1) is 25.4. The quantitative estimate of drug-likeness (QED) is 0.465. The van der Waals surface area contributed by atoms with Gasteiger partial charge >= 0.3 is 6.61 Å². The van der Waals surface area contributed by atoms with Crippen LogP contribution in [0, 0.1) is 17.8 Å². The molecule has 0 aromatic heterocycles. The highest BCUT2D eigenvalue weighted by Gasteiger charge is 2.49. The van der Waals surface area contributed by atoms with Gasteiger partial charge < -0.3 is 25.4 Å². The van der Waals surface area contributed by atoms with Crippen LogP contribution in [-0.4, -0.2) is 56.3 Å². The highest BCUT2D eigenvalue weighted by Crippen LogP contribution is 2.49. The van der Waals surface area contributed by atoms with Crippen molar-refractivity contribution >= 4 is 35.0 Å². The number of benzene rings is 1. The highest BCUT2D eigenvalue weighted by atomic mass is 35.5. The number of hydrogen-bond acceptors (Lipinski definition) is 5. The standard InChI is InChI=1S/C23H29Cl2F2N3O4/c24-18-4-3-15(7-19(18)25)33-11-21(31)30-20-8-17(12-5-13(20)6-12)22(32)29-9-14-1-2-16(10-28-14)34-23(26)27/h3-4,7,12-14,16-17,20,23,28H,1-2,5-6,8-11H2,(H,29,32)(H,30,31)/t12?,13?,14?,16?,17-,20?/m1/s1. The van der Waals surface area contributed by atoms with Gasteiger partial charge in [0.05, 0.1) is 16.1 Å². The molecule has 0 spiro atoms. The van der Waals surface area contributed by atoms with Crippen LogP contribution in [0.4, 0.5) is 8.78 Å². The van der Waals surface area contributed by atoms with Crippen molar-refractivity contribution in [2.45, 2.75) is 56.9 Å². The zero-order valence-electron chi connectivity index (χ0n) is 18.6. The van der Waals surface area contributed by atoms with Crippen LogP contribution in [-0.2, 0) is 14.3 Å². The van der Waals surface area contributed by atoms with Gasteiger partial charge in [0.2, 0.25) is 5.91 Å². The van der Waals surface area contributed by atoms with Crippen molar-refractivity contribution in [3.05, 3.63) is 28.2 Å². The summed E-state index contributed by atoms with van der Waals surface area (Å²) in [5.41, 5.74) is 0. The van der Waals surface area contributed by atoms with Gasteiger partial charge in [-0.15, -0.1) is 0 Å². The SMILES string of the molecule is O=C(COc1ccc(Cl)c(Cl)c1)NC1C[C@@H](C(=O)NCC2CCC(OC(F)F)CN2)C2CC1C2. The number of carbonyl (C=O) groups excluding carboxylic acids is 2. The summed E-state index contributed by atoms with van der Waals surface area (Å²) in [6.07, 6.45) is 3.13. The number of fused-ring (bicyclic) bond motifs is 2. The summed E-state index contributed by atoms with van der Waals surface area (Å²) in [4.78, 5) is 25.3. The van der Waals surface area contributed by atoms with E-state index in [-0.39, 0.29) is 36.4 Å². The Morgan fingerprint density at radius 2 is 1.91 bits per heavy atom. The molecule has 1 saturated heterocycles. The monoisotopic (exact) mass is 519 g/mol. The molecule has 2 bridgehead atoms. The summed E-state index contributed by atoms with van der Waals surface area (Å²) < 4.78 is 34.7. The van der Waals surface area contributed by atoms with Crippen LogP contribution in [0.5, 0.6) is 5.75 Å². The van der Waals surface area contributed by atoms with E-state index in [1.54, 1.807) is 18.2 Å². The minimum absolute atomic E-state index is 0.0118. The lowest BCUT2D eigenvalue weighted by Crippen LogP contribution is -2.57. The van der Waals surface area contributed by atoms with Gasteiger partial charge in [0.25, 0.3) is 5.91 Å². The molecular formula is C23H29Cl2F2N3O4. The van der Waals surface area contributed by atoms with Crippen LogP contribution in [0.25, 0.3) is 0 Å². The summed E-state index contributed by atoms with van der Waals surface area (Å²) in [6, 6.07) is 4.78. The Balaban J connectivity index is 1.19. The van der Waals surface area contributed by atoms with E-state index < -0.39 is 12.7 Å². The molecule has 34 heavy (non-hydrogen) atoms. The van der Waals surface area contributed by atoms with E-state index in [1.807, 2.05) is 0 Å². The van der Waals surface area contributed by atoms with Gasteiger partial charge in [-0.3, -0.25) is 9.59 Å². The summed E-state index contributed by atoms with van der Waals surface area (Å²) in [6.45, 7) is -2.12. The number of carbonyl (C=O) groups is 2. The lowest BCUT2D eigenvalue weighted by molar-refractivity contribution is -0.167.